The first kappa shape index (κ1) is 14.1. The summed E-state index contributed by atoms with van der Waals surface area (Å²) in [4.78, 5) is 17.7. The maximum absolute atomic E-state index is 13.7. The normalized spacial score (nSPS) is 10.2. The highest BCUT2D eigenvalue weighted by atomic mass is 79.9. The lowest BCUT2D eigenvalue weighted by Gasteiger charge is -2.08. The predicted octanol–water partition coefficient (Wildman–Crippen LogP) is 3.12. The number of aromatic nitrogens is 2. The third-order valence-corrected chi connectivity index (χ3v) is 2.80. The van der Waals surface area contributed by atoms with E-state index in [0.717, 1.165) is 6.33 Å². The van der Waals surface area contributed by atoms with Gasteiger partial charge in [-0.05, 0) is 18.2 Å². The lowest BCUT2D eigenvalue weighted by atomic mass is 10.3. The van der Waals surface area contributed by atoms with Crippen LogP contribution >= 0.6 is 15.9 Å². The minimum absolute atomic E-state index is 0.0162. The van der Waals surface area contributed by atoms with E-state index < -0.39 is 16.4 Å². The molecule has 2 rings (SSSR count). The molecular weight excluding hydrogens is 335 g/mol. The van der Waals surface area contributed by atoms with Gasteiger partial charge >= 0.3 is 11.6 Å². The van der Waals surface area contributed by atoms with Crippen LogP contribution in [0.2, 0.25) is 0 Å². The summed E-state index contributed by atoms with van der Waals surface area (Å²) in [6, 6.07) is 4.07. The van der Waals surface area contributed by atoms with Crippen molar-refractivity contribution in [3.63, 3.8) is 0 Å². The Kier molecular flexibility index (Phi) is 4.08. The summed E-state index contributed by atoms with van der Waals surface area (Å²) in [7, 11) is 1.47. The zero-order valence-electron chi connectivity index (χ0n) is 10.1. The molecule has 104 valence electrons. The molecule has 1 aromatic heterocycles. The Morgan fingerprint density at radius 3 is 2.80 bits per heavy atom. The monoisotopic (exact) mass is 342 g/mol. The molecule has 0 aliphatic heterocycles. The molecule has 1 N–H and O–H groups in total. The number of benzene rings is 1. The highest BCUT2D eigenvalue weighted by molar-refractivity contribution is 9.10. The number of nitro groups is 1. The van der Waals surface area contributed by atoms with Gasteiger partial charge in [0, 0.05) is 11.5 Å². The average Bonchev–Trinajstić information content (AvgIpc) is 2.41. The van der Waals surface area contributed by atoms with Gasteiger partial charge in [0.25, 0.3) is 0 Å². The summed E-state index contributed by atoms with van der Waals surface area (Å²) >= 11 is 3.10. The topological polar surface area (TPSA) is 90.2 Å². The van der Waals surface area contributed by atoms with Crippen LogP contribution in [0, 0.1) is 15.9 Å². The van der Waals surface area contributed by atoms with Gasteiger partial charge in [-0.15, -0.1) is 0 Å². The first-order chi connectivity index (χ1) is 9.52. The average molecular weight is 343 g/mol. The number of ether oxygens (including phenoxy) is 1. The highest BCUT2D eigenvalue weighted by Crippen LogP contribution is 2.34. The van der Waals surface area contributed by atoms with Crippen molar-refractivity contribution in [2.24, 2.45) is 0 Å². The Labute approximate surface area is 121 Å². The first-order valence-corrected chi connectivity index (χ1v) is 6.12. The maximum atomic E-state index is 13.7. The fourth-order valence-corrected chi connectivity index (χ4v) is 1.78. The van der Waals surface area contributed by atoms with Crippen molar-refractivity contribution < 1.29 is 14.1 Å². The molecule has 2 aromatic rings. The predicted molar refractivity (Wildman–Crippen MR) is 72.4 cm³/mol. The lowest BCUT2D eigenvalue weighted by molar-refractivity contribution is -0.385. The molecule has 0 aliphatic rings. The van der Waals surface area contributed by atoms with Crippen molar-refractivity contribution in [3.8, 4) is 11.6 Å². The second-order valence-electron chi connectivity index (χ2n) is 3.56. The Morgan fingerprint density at radius 1 is 1.45 bits per heavy atom. The molecule has 7 nitrogen and oxygen atoms in total. The van der Waals surface area contributed by atoms with E-state index in [2.05, 4.69) is 31.2 Å². The van der Waals surface area contributed by atoms with E-state index in [4.69, 9.17) is 4.74 Å². The zero-order valence-corrected chi connectivity index (χ0v) is 11.7. The minimum atomic E-state index is -0.696. The van der Waals surface area contributed by atoms with E-state index in [1.54, 1.807) is 6.07 Å². The second kappa shape index (κ2) is 5.78. The van der Waals surface area contributed by atoms with Crippen LogP contribution in [-0.2, 0) is 0 Å². The van der Waals surface area contributed by atoms with E-state index in [-0.39, 0.29) is 17.4 Å². The van der Waals surface area contributed by atoms with Crippen LogP contribution in [0.5, 0.6) is 11.6 Å². The summed E-state index contributed by atoms with van der Waals surface area (Å²) < 4.78 is 19.4. The van der Waals surface area contributed by atoms with Crippen molar-refractivity contribution in [3.05, 3.63) is 44.9 Å². The largest absolute Gasteiger partial charge is 0.430 e. The molecule has 0 bridgehead atoms. The van der Waals surface area contributed by atoms with Crippen LogP contribution in [0.3, 0.4) is 0 Å². The van der Waals surface area contributed by atoms with E-state index in [9.17, 15) is 14.5 Å². The SMILES string of the molecule is CNc1ncnc(Oc2ccc(Br)cc2F)c1[N+](=O)[O-]. The van der Waals surface area contributed by atoms with Gasteiger partial charge < -0.3 is 10.1 Å². The number of hydrogen-bond acceptors (Lipinski definition) is 6. The van der Waals surface area contributed by atoms with Gasteiger partial charge in [0.2, 0.25) is 5.82 Å². The van der Waals surface area contributed by atoms with Crippen LogP contribution in [0.4, 0.5) is 15.9 Å². The molecule has 1 heterocycles. The number of rotatable bonds is 4. The molecule has 0 radical (unpaired) electrons. The standard InChI is InChI=1S/C11H8BrFN4O3/c1-14-10-9(17(18)19)11(16-5-15-10)20-8-3-2-6(12)4-7(8)13/h2-5H,1H3,(H,14,15,16). The van der Waals surface area contributed by atoms with Crippen LogP contribution in [0.15, 0.2) is 29.0 Å². The molecule has 20 heavy (non-hydrogen) atoms. The maximum Gasteiger partial charge on any atom is 0.373 e. The fourth-order valence-electron chi connectivity index (χ4n) is 1.45. The molecule has 0 amide bonds. The van der Waals surface area contributed by atoms with Gasteiger partial charge in [-0.3, -0.25) is 10.1 Å². The summed E-state index contributed by atoms with van der Waals surface area (Å²) in [5, 5.41) is 13.6. The summed E-state index contributed by atoms with van der Waals surface area (Å²) in [6.45, 7) is 0. The Hall–Kier alpha value is -2.29. The second-order valence-corrected chi connectivity index (χ2v) is 4.48. The zero-order chi connectivity index (χ0) is 14.7. The molecule has 0 saturated heterocycles. The Morgan fingerprint density at radius 2 is 2.20 bits per heavy atom. The van der Waals surface area contributed by atoms with E-state index in [0.29, 0.717) is 4.47 Å². The highest BCUT2D eigenvalue weighted by Gasteiger charge is 2.24. The number of halogens is 2. The Balaban J connectivity index is 2.45. The number of hydrogen-bond donors (Lipinski definition) is 1. The molecule has 0 spiro atoms. The number of anilines is 1. The van der Waals surface area contributed by atoms with Crippen molar-refractivity contribution in [2.45, 2.75) is 0 Å². The van der Waals surface area contributed by atoms with Crippen LogP contribution in [0.1, 0.15) is 0 Å². The van der Waals surface area contributed by atoms with Crippen molar-refractivity contribution >= 4 is 27.4 Å². The van der Waals surface area contributed by atoms with Crippen molar-refractivity contribution in [1.29, 1.82) is 0 Å². The summed E-state index contributed by atoms with van der Waals surface area (Å²) in [5.41, 5.74) is -0.461. The van der Waals surface area contributed by atoms with Gasteiger partial charge in [-0.2, -0.15) is 4.98 Å². The molecular formula is C11H8BrFN4O3. The van der Waals surface area contributed by atoms with E-state index in [1.165, 1.54) is 19.2 Å². The van der Waals surface area contributed by atoms with Gasteiger partial charge in [0.15, 0.2) is 11.6 Å². The minimum Gasteiger partial charge on any atom is -0.430 e. The van der Waals surface area contributed by atoms with Gasteiger partial charge in [-0.1, -0.05) is 15.9 Å². The molecule has 0 fully saturated rings. The van der Waals surface area contributed by atoms with Crippen molar-refractivity contribution in [1.82, 2.24) is 9.97 Å². The van der Waals surface area contributed by atoms with E-state index >= 15 is 0 Å². The van der Waals surface area contributed by atoms with Crippen LogP contribution in [-0.4, -0.2) is 21.9 Å². The van der Waals surface area contributed by atoms with Crippen LogP contribution < -0.4 is 10.1 Å². The third kappa shape index (κ3) is 2.82. The van der Waals surface area contributed by atoms with Crippen molar-refractivity contribution in [2.75, 3.05) is 12.4 Å². The smallest absolute Gasteiger partial charge is 0.373 e. The molecule has 1 aromatic carbocycles. The van der Waals surface area contributed by atoms with Gasteiger partial charge in [-0.25, -0.2) is 9.37 Å². The third-order valence-electron chi connectivity index (χ3n) is 2.31. The van der Waals surface area contributed by atoms with E-state index in [1.807, 2.05) is 0 Å². The molecule has 9 heteroatoms. The van der Waals surface area contributed by atoms with Gasteiger partial charge in [0.05, 0.1) is 4.92 Å². The molecule has 0 atom stereocenters. The number of nitrogens with zero attached hydrogens (tertiary/aromatic N) is 3. The summed E-state index contributed by atoms with van der Waals surface area (Å²) in [5.74, 6) is -1.19. The fraction of sp³-hybridized carbons (Fsp3) is 0.0909. The molecule has 0 aliphatic carbocycles. The molecule has 0 unspecified atom stereocenters. The summed E-state index contributed by atoms with van der Waals surface area (Å²) in [6.07, 6.45) is 1.09. The quantitative estimate of drug-likeness (QED) is 0.678. The van der Waals surface area contributed by atoms with Crippen LogP contribution in [0.25, 0.3) is 0 Å². The first-order valence-electron chi connectivity index (χ1n) is 5.33. The number of nitrogens with one attached hydrogen (secondary N) is 1. The lowest BCUT2D eigenvalue weighted by Crippen LogP contribution is -2.03. The molecule has 0 saturated carbocycles. The Bertz CT molecular complexity index is 668. The van der Waals surface area contributed by atoms with Gasteiger partial charge in [0.1, 0.15) is 6.33 Å².